The Bertz CT molecular complexity index is 710. The summed E-state index contributed by atoms with van der Waals surface area (Å²) in [6, 6.07) is 6.21. The van der Waals surface area contributed by atoms with Crippen LogP contribution in [0.4, 0.5) is 0 Å². The van der Waals surface area contributed by atoms with Crippen molar-refractivity contribution in [3.63, 3.8) is 0 Å². The lowest BCUT2D eigenvalue weighted by Crippen LogP contribution is -2.43. The summed E-state index contributed by atoms with van der Waals surface area (Å²) in [7, 11) is 0. The third-order valence-electron chi connectivity index (χ3n) is 4.92. The zero-order chi connectivity index (χ0) is 18.7. The number of benzene rings is 1. The highest BCUT2D eigenvalue weighted by molar-refractivity contribution is 6.30. The van der Waals surface area contributed by atoms with E-state index in [0.29, 0.717) is 10.6 Å². The van der Waals surface area contributed by atoms with Crippen molar-refractivity contribution in [2.45, 2.75) is 32.1 Å². The fraction of sp³-hybridized carbons (Fsp3) is 0.444. The van der Waals surface area contributed by atoms with Crippen LogP contribution in [0.1, 0.15) is 42.5 Å². The van der Waals surface area contributed by atoms with Gasteiger partial charge in [-0.25, -0.2) is 0 Å². The minimum atomic E-state index is -0.477. The summed E-state index contributed by atoms with van der Waals surface area (Å²) in [6.45, 7) is 0.0350. The topological polar surface area (TPSA) is 95.6 Å². The third kappa shape index (κ3) is 3.88. The number of rotatable bonds is 4. The van der Waals surface area contributed by atoms with Gasteiger partial charge in [-0.05, 0) is 37.1 Å². The summed E-state index contributed by atoms with van der Waals surface area (Å²) >= 11 is 5.76. The Hall–Kier alpha value is -2.41. The quantitative estimate of drug-likeness (QED) is 0.616. The number of nitrogens with one attached hydrogen (secondary N) is 2. The Morgan fingerprint density at radius 1 is 1.00 bits per heavy atom. The van der Waals surface area contributed by atoms with E-state index in [2.05, 4.69) is 10.9 Å². The number of hydrazine groups is 1. The van der Waals surface area contributed by atoms with Gasteiger partial charge in [0.05, 0.1) is 11.8 Å². The molecule has 8 heteroatoms. The maximum absolute atomic E-state index is 12.3. The molecule has 2 aliphatic rings. The first-order chi connectivity index (χ1) is 12.5. The van der Waals surface area contributed by atoms with Crippen LogP contribution in [-0.4, -0.2) is 35.1 Å². The molecular formula is C18H20ClN3O4. The van der Waals surface area contributed by atoms with Crippen LogP contribution in [0.2, 0.25) is 5.02 Å². The van der Waals surface area contributed by atoms with E-state index < -0.39 is 11.8 Å². The van der Waals surface area contributed by atoms with E-state index in [4.69, 9.17) is 11.6 Å². The normalized spacial score (nSPS) is 22.1. The predicted molar refractivity (Wildman–Crippen MR) is 93.8 cm³/mol. The van der Waals surface area contributed by atoms with Gasteiger partial charge in [0.2, 0.25) is 17.7 Å². The molecule has 0 unspecified atom stereocenters. The highest BCUT2D eigenvalue weighted by Gasteiger charge is 2.47. The minimum Gasteiger partial charge on any atom is -0.282 e. The van der Waals surface area contributed by atoms with Gasteiger partial charge in [0, 0.05) is 23.6 Å². The van der Waals surface area contributed by atoms with Crippen molar-refractivity contribution in [2.75, 3.05) is 6.54 Å². The smallest absolute Gasteiger partial charge is 0.269 e. The molecule has 1 aliphatic carbocycles. The number of carbonyl (C=O) groups excluding carboxylic acids is 4. The Kier molecular flexibility index (Phi) is 5.56. The molecule has 1 aliphatic heterocycles. The lowest BCUT2D eigenvalue weighted by Gasteiger charge is -2.19. The second-order valence-electron chi connectivity index (χ2n) is 6.58. The molecule has 2 atom stereocenters. The third-order valence-corrected chi connectivity index (χ3v) is 5.17. The largest absolute Gasteiger partial charge is 0.282 e. The molecular weight excluding hydrogens is 358 g/mol. The lowest BCUT2D eigenvalue weighted by molar-refractivity contribution is -0.140. The van der Waals surface area contributed by atoms with Crippen molar-refractivity contribution < 1.29 is 19.2 Å². The van der Waals surface area contributed by atoms with Crippen LogP contribution in [0.5, 0.6) is 0 Å². The van der Waals surface area contributed by atoms with Gasteiger partial charge in [0.1, 0.15) is 0 Å². The molecule has 3 rings (SSSR count). The fourth-order valence-corrected chi connectivity index (χ4v) is 3.65. The molecule has 1 aromatic carbocycles. The predicted octanol–water partition coefficient (Wildman–Crippen LogP) is 1.67. The molecule has 0 spiro atoms. The summed E-state index contributed by atoms with van der Waals surface area (Å²) in [5.41, 5.74) is 4.94. The van der Waals surface area contributed by atoms with Crippen molar-refractivity contribution in [1.82, 2.24) is 15.8 Å². The standard InChI is InChI=1S/C18H20ClN3O4/c19-12-7-5-11(6-8-12)16(24)21-20-15(23)9-10-22-17(25)13-3-1-2-4-14(13)18(22)26/h5-8,13-14H,1-4,9-10H2,(H,20,23)(H,21,24)/t13-,14+. The van der Waals surface area contributed by atoms with Crippen LogP contribution >= 0.6 is 11.6 Å². The highest BCUT2D eigenvalue weighted by atomic mass is 35.5. The number of hydrogen-bond acceptors (Lipinski definition) is 4. The SMILES string of the molecule is O=C(CCN1C(=O)[C@H]2CCCC[C@H]2C1=O)NNC(=O)c1ccc(Cl)cc1. The summed E-state index contributed by atoms with van der Waals surface area (Å²) in [4.78, 5) is 49.7. The van der Waals surface area contributed by atoms with Gasteiger partial charge < -0.3 is 0 Å². The van der Waals surface area contributed by atoms with E-state index in [-0.39, 0.29) is 36.6 Å². The molecule has 1 saturated carbocycles. The van der Waals surface area contributed by atoms with Gasteiger partial charge in [-0.1, -0.05) is 24.4 Å². The first kappa shape index (κ1) is 18.4. The molecule has 2 N–H and O–H groups in total. The Morgan fingerprint density at radius 2 is 1.58 bits per heavy atom. The van der Waals surface area contributed by atoms with Gasteiger partial charge in [0.15, 0.2) is 0 Å². The van der Waals surface area contributed by atoms with E-state index in [1.807, 2.05) is 0 Å². The first-order valence-electron chi connectivity index (χ1n) is 8.67. The first-order valence-corrected chi connectivity index (χ1v) is 9.05. The fourth-order valence-electron chi connectivity index (χ4n) is 3.53. The average molecular weight is 378 g/mol. The minimum absolute atomic E-state index is 0.0350. The number of halogens is 1. The number of imide groups is 1. The van der Waals surface area contributed by atoms with Crippen molar-refractivity contribution in [1.29, 1.82) is 0 Å². The van der Waals surface area contributed by atoms with Gasteiger partial charge >= 0.3 is 0 Å². The number of carbonyl (C=O) groups is 4. The second kappa shape index (κ2) is 7.86. The molecule has 26 heavy (non-hydrogen) atoms. The monoisotopic (exact) mass is 377 g/mol. The van der Waals surface area contributed by atoms with E-state index in [0.717, 1.165) is 25.7 Å². The molecule has 4 amide bonds. The van der Waals surface area contributed by atoms with E-state index >= 15 is 0 Å². The van der Waals surface area contributed by atoms with Crippen LogP contribution in [-0.2, 0) is 14.4 Å². The van der Waals surface area contributed by atoms with Crippen LogP contribution in [0, 0.1) is 11.8 Å². The van der Waals surface area contributed by atoms with Gasteiger partial charge in [0.25, 0.3) is 5.91 Å². The molecule has 0 aromatic heterocycles. The number of hydrogen-bond donors (Lipinski definition) is 2. The van der Waals surface area contributed by atoms with E-state index in [1.165, 1.54) is 17.0 Å². The number of nitrogens with zero attached hydrogens (tertiary/aromatic N) is 1. The molecule has 0 radical (unpaired) electrons. The van der Waals surface area contributed by atoms with Crippen molar-refractivity contribution in [2.24, 2.45) is 11.8 Å². The number of fused-ring (bicyclic) bond motifs is 1. The average Bonchev–Trinajstić information content (AvgIpc) is 2.89. The Labute approximate surface area is 156 Å². The van der Waals surface area contributed by atoms with Gasteiger partial charge in [-0.2, -0.15) is 0 Å². The van der Waals surface area contributed by atoms with Crippen LogP contribution in [0.15, 0.2) is 24.3 Å². The molecule has 7 nitrogen and oxygen atoms in total. The van der Waals surface area contributed by atoms with Crippen molar-refractivity contribution >= 4 is 35.2 Å². The van der Waals surface area contributed by atoms with Crippen molar-refractivity contribution in [3.05, 3.63) is 34.9 Å². The summed E-state index contributed by atoms with van der Waals surface area (Å²) in [6.07, 6.45) is 3.36. The van der Waals surface area contributed by atoms with E-state index in [1.54, 1.807) is 12.1 Å². The van der Waals surface area contributed by atoms with Gasteiger partial charge in [-0.3, -0.25) is 34.9 Å². The molecule has 2 fully saturated rings. The molecule has 1 heterocycles. The van der Waals surface area contributed by atoms with Crippen LogP contribution in [0.25, 0.3) is 0 Å². The molecule has 1 saturated heterocycles. The lowest BCUT2D eigenvalue weighted by atomic mass is 9.81. The molecule has 1 aromatic rings. The van der Waals surface area contributed by atoms with Gasteiger partial charge in [-0.15, -0.1) is 0 Å². The second-order valence-corrected chi connectivity index (χ2v) is 7.02. The number of likely N-dealkylation sites (tertiary alicyclic amines) is 1. The zero-order valence-electron chi connectivity index (χ0n) is 14.2. The summed E-state index contributed by atoms with van der Waals surface area (Å²) in [5.74, 6) is -1.72. The number of amides is 4. The summed E-state index contributed by atoms with van der Waals surface area (Å²) < 4.78 is 0. The van der Waals surface area contributed by atoms with Crippen LogP contribution in [0.3, 0.4) is 0 Å². The maximum atomic E-state index is 12.3. The summed E-state index contributed by atoms with van der Waals surface area (Å²) in [5, 5.41) is 0.506. The molecule has 138 valence electrons. The molecule has 0 bridgehead atoms. The zero-order valence-corrected chi connectivity index (χ0v) is 14.9. The van der Waals surface area contributed by atoms with Crippen LogP contribution < -0.4 is 10.9 Å². The Morgan fingerprint density at radius 3 is 2.15 bits per heavy atom. The highest BCUT2D eigenvalue weighted by Crippen LogP contribution is 2.37. The maximum Gasteiger partial charge on any atom is 0.269 e. The van der Waals surface area contributed by atoms with Crippen molar-refractivity contribution in [3.8, 4) is 0 Å². The Balaban J connectivity index is 1.47. The van der Waals surface area contributed by atoms with E-state index in [9.17, 15) is 19.2 Å².